The summed E-state index contributed by atoms with van der Waals surface area (Å²) in [7, 11) is 0. The first kappa shape index (κ1) is 19.2. The summed E-state index contributed by atoms with van der Waals surface area (Å²) in [5.74, 6) is -1.01. The first-order valence-electron chi connectivity index (χ1n) is 7.25. The molecule has 0 aliphatic heterocycles. The first-order valence-corrected chi connectivity index (χ1v) is 7.25. The average molecular weight is 301 g/mol. The molecule has 3 amide bonds. The van der Waals surface area contributed by atoms with Gasteiger partial charge in [0, 0.05) is 18.5 Å². The Morgan fingerprint density at radius 1 is 0.952 bits per heavy atom. The second-order valence-electron chi connectivity index (χ2n) is 5.97. The summed E-state index contributed by atoms with van der Waals surface area (Å²) in [4.78, 5) is 33.2. The van der Waals surface area contributed by atoms with E-state index >= 15 is 0 Å². The highest BCUT2D eigenvalue weighted by molar-refractivity contribution is 5.84. The van der Waals surface area contributed by atoms with Gasteiger partial charge in [-0.1, -0.05) is 12.8 Å². The average Bonchev–Trinajstić information content (AvgIpc) is 2.32. The molecule has 122 valence electrons. The molecule has 4 N–H and O–H groups in total. The maximum absolute atomic E-state index is 11.5. The van der Waals surface area contributed by atoms with Crippen LogP contribution in [0.4, 0.5) is 4.79 Å². The normalized spacial score (nSPS) is 10.8. The summed E-state index contributed by atoms with van der Waals surface area (Å²) in [5, 5.41) is 16.3. The van der Waals surface area contributed by atoms with Crippen LogP contribution >= 0.6 is 0 Å². The zero-order valence-electron chi connectivity index (χ0n) is 13.1. The van der Waals surface area contributed by atoms with E-state index in [2.05, 4.69) is 16.0 Å². The van der Waals surface area contributed by atoms with Gasteiger partial charge < -0.3 is 21.1 Å². The Morgan fingerprint density at radius 3 is 2.14 bits per heavy atom. The van der Waals surface area contributed by atoms with E-state index in [0.29, 0.717) is 13.0 Å². The molecule has 21 heavy (non-hydrogen) atoms. The fourth-order valence-corrected chi connectivity index (χ4v) is 1.64. The number of carboxylic acids is 1. The fourth-order valence-electron chi connectivity index (χ4n) is 1.64. The number of carboxylic acid groups (broad SMARTS) is 1. The Bertz CT molecular complexity index is 351. The number of hydrogen-bond donors (Lipinski definition) is 4. The largest absolute Gasteiger partial charge is 0.481 e. The maximum atomic E-state index is 11.5. The van der Waals surface area contributed by atoms with Crippen molar-refractivity contribution in [2.75, 3.05) is 13.1 Å². The molecule has 0 saturated carbocycles. The highest BCUT2D eigenvalue weighted by atomic mass is 16.4. The zero-order chi connectivity index (χ0) is 16.3. The summed E-state index contributed by atoms with van der Waals surface area (Å²) in [6.45, 7) is 6.07. The minimum absolute atomic E-state index is 0.0539. The Balaban J connectivity index is 3.51. The first-order chi connectivity index (χ1) is 9.70. The Morgan fingerprint density at radius 2 is 1.57 bits per heavy atom. The molecule has 0 rings (SSSR count). The van der Waals surface area contributed by atoms with Crippen molar-refractivity contribution in [3.05, 3.63) is 0 Å². The van der Waals surface area contributed by atoms with Crippen LogP contribution in [-0.2, 0) is 9.59 Å². The minimum atomic E-state index is -0.777. The summed E-state index contributed by atoms with van der Waals surface area (Å²) >= 11 is 0. The van der Waals surface area contributed by atoms with Gasteiger partial charge in [-0.05, 0) is 33.6 Å². The molecule has 7 heteroatoms. The number of aliphatic carboxylic acids is 1. The van der Waals surface area contributed by atoms with Gasteiger partial charge in [-0.3, -0.25) is 9.59 Å². The van der Waals surface area contributed by atoms with Crippen LogP contribution in [0.1, 0.15) is 52.9 Å². The monoisotopic (exact) mass is 301 g/mol. The van der Waals surface area contributed by atoms with Gasteiger partial charge in [0.15, 0.2) is 0 Å². The lowest BCUT2D eigenvalue weighted by Crippen LogP contribution is -2.47. The van der Waals surface area contributed by atoms with Crippen molar-refractivity contribution in [1.29, 1.82) is 0 Å². The number of carbonyl (C=O) groups is 3. The molecule has 0 aromatic heterocycles. The van der Waals surface area contributed by atoms with E-state index in [1.54, 1.807) is 0 Å². The molecule has 0 aliphatic carbocycles. The quantitative estimate of drug-likeness (QED) is 0.480. The summed E-state index contributed by atoms with van der Waals surface area (Å²) in [6, 6.07) is -0.371. The van der Waals surface area contributed by atoms with Crippen LogP contribution in [-0.4, -0.2) is 41.6 Å². The molecule has 0 bridgehead atoms. The molecule has 0 heterocycles. The van der Waals surface area contributed by atoms with Crippen LogP contribution in [0.5, 0.6) is 0 Å². The van der Waals surface area contributed by atoms with E-state index < -0.39 is 5.97 Å². The van der Waals surface area contributed by atoms with Gasteiger partial charge in [0.2, 0.25) is 5.91 Å². The van der Waals surface area contributed by atoms with E-state index in [0.717, 1.165) is 19.3 Å². The van der Waals surface area contributed by atoms with Gasteiger partial charge in [-0.15, -0.1) is 0 Å². The number of carbonyl (C=O) groups excluding carboxylic acids is 2. The third-order valence-electron chi connectivity index (χ3n) is 2.53. The van der Waals surface area contributed by atoms with Crippen LogP contribution in [0.25, 0.3) is 0 Å². The van der Waals surface area contributed by atoms with E-state index in [1.165, 1.54) is 0 Å². The van der Waals surface area contributed by atoms with Gasteiger partial charge in [-0.2, -0.15) is 0 Å². The molecule has 0 spiro atoms. The predicted octanol–water partition coefficient (Wildman–Crippen LogP) is 1.24. The highest BCUT2D eigenvalue weighted by Gasteiger charge is 2.13. The molecule has 0 unspecified atom stereocenters. The third kappa shape index (κ3) is 14.4. The van der Waals surface area contributed by atoms with Crippen molar-refractivity contribution < 1.29 is 19.5 Å². The second kappa shape index (κ2) is 10.0. The molecular weight excluding hydrogens is 274 g/mol. The van der Waals surface area contributed by atoms with Crippen LogP contribution in [0.3, 0.4) is 0 Å². The van der Waals surface area contributed by atoms with E-state index in [1.807, 2.05) is 20.8 Å². The standard InChI is InChI=1S/C14H27N3O4/c1-14(2,3)17-11(18)10-16-13(21)15-9-7-5-4-6-8-12(19)20/h4-10H2,1-3H3,(H,17,18)(H,19,20)(H2,15,16,21). The number of hydrogen-bond acceptors (Lipinski definition) is 3. The Kier molecular flexibility index (Phi) is 9.16. The van der Waals surface area contributed by atoms with Crippen LogP contribution in [0, 0.1) is 0 Å². The smallest absolute Gasteiger partial charge is 0.315 e. The maximum Gasteiger partial charge on any atom is 0.315 e. The molecular formula is C14H27N3O4. The van der Waals surface area contributed by atoms with Crippen LogP contribution < -0.4 is 16.0 Å². The Labute approximate surface area is 125 Å². The summed E-state index contributed by atoms with van der Waals surface area (Å²) in [5.41, 5.74) is -0.314. The third-order valence-corrected chi connectivity index (χ3v) is 2.53. The van der Waals surface area contributed by atoms with Crippen molar-refractivity contribution in [1.82, 2.24) is 16.0 Å². The lowest BCUT2D eigenvalue weighted by Gasteiger charge is -2.20. The summed E-state index contributed by atoms with van der Waals surface area (Å²) < 4.78 is 0. The number of urea groups is 1. The van der Waals surface area contributed by atoms with Crippen molar-refractivity contribution in [2.45, 2.75) is 58.4 Å². The van der Waals surface area contributed by atoms with Crippen molar-refractivity contribution >= 4 is 17.9 Å². The topological polar surface area (TPSA) is 108 Å². The van der Waals surface area contributed by atoms with Crippen molar-refractivity contribution in [3.63, 3.8) is 0 Å². The van der Waals surface area contributed by atoms with Gasteiger partial charge in [0.25, 0.3) is 0 Å². The van der Waals surface area contributed by atoms with Crippen LogP contribution in [0.2, 0.25) is 0 Å². The van der Waals surface area contributed by atoms with E-state index in [4.69, 9.17) is 5.11 Å². The fraction of sp³-hybridized carbons (Fsp3) is 0.786. The van der Waals surface area contributed by atoms with E-state index in [9.17, 15) is 14.4 Å². The molecule has 0 aliphatic rings. The predicted molar refractivity (Wildman–Crippen MR) is 80.0 cm³/mol. The molecule has 0 fully saturated rings. The van der Waals surface area contributed by atoms with Gasteiger partial charge in [-0.25, -0.2) is 4.79 Å². The summed E-state index contributed by atoms with van der Waals surface area (Å²) in [6.07, 6.45) is 3.36. The van der Waals surface area contributed by atoms with Gasteiger partial charge >= 0.3 is 12.0 Å². The number of unbranched alkanes of at least 4 members (excludes halogenated alkanes) is 3. The molecule has 0 aromatic rings. The van der Waals surface area contributed by atoms with Gasteiger partial charge in [0.1, 0.15) is 0 Å². The number of rotatable bonds is 9. The molecule has 0 aromatic carbocycles. The zero-order valence-corrected chi connectivity index (χ0v) is 13.1. The van der Waals surface area contributed by atoms with Gasteiger partial charge in [0.05, 0.1) is 6.54 Å². The lowest BCUT2D eigenvalue weighted by atomic mass is 10.1. The lowest BCUT2D eigenvalue weighted by molar-refractivity contribution is -0.137. The number of amides is 3. The van der Waals surface area contributed by atoms with E-state index in [-0.39, 0.29) is 30.4 Å². The molecule has 0 radical (unpaired) electrons. The highest BCUT2D eigenvalue weighted by Crippen LogP contribution is 2.02. The van der Waals surface area contributed by atoms with Crippen molar-refractivity contribution in [2.24, 2.45) is 0 Å². The van der Waals surface area contributed by atoms with Crippen LogP contribution in [0.15, 0.2) is 0 Å². The SMILES string of the molecule is CC(C)(C)NC(=O)CNC(=O)NCCCCCCC(=O)O. The number of nitrogens with one attached hydrogen (secondary N) is 3. The Hall–Kier alpha value is -1.79. The molecule has 7 nitrogen and oxygen atoms in total. The minimum Gasteiger partial charge on any atom is -0.481 e. The molecule has 0 saturated heterocycles. The van der Waals surface area contributed by atoms with Crippen molar-refractivity contribution in [3.8, 4) is 0 Å². The molecule has 0 atom stereocenters. The second-order valence-corrected chi connectivity index (χ2v) is 5.97.